The fourth-order valence-corrected chi connectivity index (χ4v) is 5.44. The predicted molar refractivity (Wildman–Crippen MR) is 116 cm³/mol. The Morgan fingerprint density at radius 2 is 1.96 bits per heavy atom. The average molecular weight is 409 g/mol. The number of nitrogens with one attached hydrogen (secondary N) is 1. The quantitative estimate of drug-likeness (QED) is 0.675. The summed E-state index contributed by atoms with van der Waals surface area (Å²) in [5.74, 6) is 0.589. The van der Waals surface area contributed by atoms with Gasteiger partial charge in [0.2, 0.25) is 0 Å². The molecule has 2 aliphatic rings. The second-order valence-electron chi connectivity index (χ2n) is 9.21. The van der Waals surface area contributed by atoms with Gasteiger partial charge in [-0.15, -0.1) is 0 Å². The van der Waals surface area contributed by atoms with E-state index < -0.39 is 5.60 Å². The number of fused-ring (bicyclic) bond motifs is 1. The van der Waals surface area contributed by atoms with Crippen LogP contribution in [0, 0.1) is 12.8 Å². The van der Waals surface area contributed by atoms with Crippen LogP contribution >= 0.6 is 11.9 Å². The fourth-order valence-electron chi connectivity index (χ4n) is 4.86. The Bertz CT molecular complexity index is 705. The van der Waals surface area contributed by atoms with Crippen LogP contribution in [0.25, 0.3) is 0 Å². The number of pyridine rings is 1. The van der Waals surface area contributed by atoms with E-state index in [-0.39, 0.29) is 23.7 Å². The third kappa shape index (κ3) is 5.41. The van der Waals surface area contributed by atoms with Crippen molar-refractivity contribution >= 4 is 11.9 Å². The summed E-state index contributed by atoms with van der Waals surface area (Å²) in [6.07, 6.45) is 9.43. The van der Waals surface area contributed by atoms with Gasteiger partial charge in [-0.05, 0) is 84.0 Å². The van der Waals surface area contributed by atoms with Crippen molar-refractivity contribution in [2.24, 2.45) is 5.92 Å². The van der Waals surface area contributed by atoms with Crippen LogP contribution in [0.5, 0.6) is 0 Å². The zero-order valence-electron chi connectivity index (χ0n) is 17.7. The van der Waals surface area contributed by atoms with Crippen molar-refractivity contribution in [1.82, 2.24) is 9.29 Å². The Kier molecular flexibility index (Phi) is 7.29. The molecule has 0 saturated heterocycles. The Morgan fingerprint density at radius 3 is 2.61 bits per heavy atom. The van der Waals surface area contributed by atoms with E-state index >= 15 is 0 Å². The maximum atomic E-state index is 12.8. The minimum absolute atomic E-state index is 0.0395. The predicted octanol–water partition coefficient (Wildman–Crippen LogP) is 3.62. The van der Waals surface area contributed by atoms with Gasteiger partial charge in [0.05, 0.1) is 24.4 Å². The van der Waals surface area contributed by atoms with Crippen molar-refractivity contribution in [3.05, 3.63) is 33.7 Å². The van der Waals surface area contributed by atoms with Crippen molar-refractivity contribution in [2.45, 2.75) is 89.5 Å². The van der Waals surface area contributed by atoms with Crippen LogP contribution in [0.1, 0.15) is 69.7 Å². The van der Waals surface area contributed by atoms with Crippen LogP contribution in [0.2, 0.25) is 0 Å². The van der Waals surface area contributed by atoms with Crippen molar-refractivity contribution in [3.8, 4) is 0 Å². The molecule has 2 atom stereocenters. The molecule has 0 bridgehead atoms. The SMILES string of the molecule is CSNC1CCc2ccc(C)c(=O)n2C1COC1CCC(CC(C)(C)O)CC1. The number of nitrogens with zero attached hydrogens (tertiary/aromatic N) is 1. The van der Waals surface area contributed by atoms with Gasteiger partial charge in [0.15, 0.2) is 0 Å². The van der Waals surface area contributed by atoms with Crippen molar-refractivity contribution in [3.63, 3.8) is 0 Å². The van der Waals surface area contributed by atoms with Gasteiger partial charge in [-0.2, -0.15) is 0 Å². The van der Waals surface area contributed by atoms with Gasteiger partial charge in [-0.1, -0.05) is 18.0 Å². The normalized spacial score (nSPS) is 28.2. The number of aryl methyl sites for hydroxylation is 2. The van der Waals surface area contributed by atoms with Gasteiger partial charge in [0.25, 0.3) is 5.56 Å². The van der Waals surface area contributed by atoms with Crippen LogP contribution in [-0.2, 0) is 11.2 Å². The van der Waals surface area contributed by atoms with Crippen LogP contribution in [-0.4, -0.2) is 40.3 Å². The molecule has 2 N–H and O–H groups in total. The highest BCUT2D eigenvalue weighted by Gasteiger charge is 2.32. The number of ether oxygens (including phenoxy) is 1. The average Bonchev–Trinajstić information content (AvgIpc) is 2.64. The molecule has 6 heteroatoms. The van der Waals surface area contributed by atoms with Gasteiger partial charge in [-0.3, -0.25) is 9.52 Å². The number of aliphatic hydroxyl groups is 1. The Hall–Kier alpha value is -0.820. The number of aromatic nitrogens is 1. The highest BCUT2D eigenvalue weighted by molar-refractivity contribution is 7.96. The molecule has 2 unspecified atom stereocenters. The lowest BCUT2D eigenvalue weighted by Crippen LogP contribution is -2.46. The van der Waals surface area contributed by atoms with Gasteiger partial charge in [-0.25, -0.2) is 0 Å². The molecular formula is C22H36N2O3S. The molecule has 1 aromatic rings. The smallest absolute Gasteiger partial charge is 0.254 e. The molecule has 3 rings (SSSR count). The van der Waals surface area contributed by atoms with E-state index in [9.17, 15) is 9.90 Å². The third-order valence-corrected chi connectivity index (χ3v) is 6.79. The first-order valence-corrected chi connectivity index (χ1v) is 11.8. The second kappa shape index (κ2) is 9.33. The summed E-state index contributed by atoms with van der Waals surface area (Å²) in [5, 5.41) is 10.1. The highest BCUT2D eigenvalue weighted by Crippen LogP contribution is 2.33. The minimum atomic E-state index is -0.583. The van der Waals surface area contributed by atoms with Gasteiger partial charge in [0.1, 0.15) is 0 Å². The van der Waals surface area contributed by atoms with Crippen molar-refractivity contribution in [1.29, 1.82) is 0 Å². The number of rotatable bonds is 7. The maximum Gasteiger partial charge on any atom is 0.254 e. The van der Waals surface area contributed by atoms with Gasteiger partial charge < -0.3 is 14.4 Å². The molecule has 0 radical (unpaired) electrons. The van der Waals surface area contributed by atoms with Crippen LogP contribution in [0.4, 0.5) is 0 Å². The molecule has 1 aliphatic heterocycles. The van der Waals surface area contributed by atoms with Gasteiger partial charge in [0, 0.05) is 17.3 Å². The summed E-state index contributed by atoms with van der Waals surface area (Å²) in [7, 11) is 0. The molecule has 2 heterocycles. The van der Waals surface area contributed by atoms with E-state index in [0.717, 1.165) is 56.2 Å². The molecule has 28 heavy (non-hydrogen) atoms. The summed E-state index contributed by atoms with van der Waals surface area (Å²) in [5.41, 5.74) is 1.45. The van der Waals surface area contributed by atoms with Crippen molar-refractivity contribution < 1.29 is 9.84 Å². The topological polar surface area (TPSA) is 63.5 Å². The zero-order valence-corrected chi connectivity index (χ0v) is 18.6. The summed E-state index contributed by atoms with van der Waals surface area (Å²) in [4.78, 5) is 12.8. The van der Waals surface area contributed by atoms with E-state index in [1.54, 1.807) is 11.9 Å². The summed E-state index contributed by atoms with van der Waals surface area (Å²) >= 11 is 1.62. The molecular weight excluding hydrogens is 372 g/mol. The lowest BCUT2D eigenvalue weighted by Gasteiger charge is -2.37. The van der Waals surface area contributed by atoms with Crippen LogP contribution < -0.4 is 10.3 Å². The standard InChI is InChI=1S/C22H36N2O3S/c1-15-5-8-17-9-12-19(23-28-4)20(24(17)21(15)25)14-27-18-10-6-16(7-11-18)13-22(2,3)26/h5,8,16,18-20,23,26H,6-7,9-14H2,1-4H3. The molecule has 5 nitrogen and oxygen atoms in total. The molecule has 0 amide bonds. The Balaban J connectivity index is 1.64. The minimum Gasteiger partial charge on any atom is -0.390 e. The Labute approximate surface area is 173 Å². The van der Waals surface area contributed by atoms with Crippen LogP contribution in [0.3, 0.4) is 0 Å². The fraction of sp³-hybridized carbons (Fsp3) is 0.773. The van der Waals surface area contributed by atoms with E-state index in [0.29, 0.717) is 12.5 Å². The first-order valence-electron chi connectivity index (χ1n) is 10.6. The molecule has 0 aromatic carbocycles. The first kappa shape index (κ1) is 21.9. The molecule has 158 valence electrons. The molecule has 1 fully saturated rings. The zero-order chi connectivity index (χ0) is 20.3. The van der Waals surface area contributed by atoms with Crippen LogP contribution in [0.15, 0.2) is 16.9 Å². The largest absolute Gasteiger partial charge is 0.390 e. The molecule has 0 spiro atoms. The second-order valence-corrected chi connectivity index (χ2v) is 9.85. The first-order chi connectivity index (χ1) is 13.3. The van der Waals surface area contributed by atoms with E-state index in [1.807, 2.05) is 37.7 Å². The van der Waals surface area contributed by atoms with E-state index in [2.05, 4.69) is 10.8 Å². The highest BCUT2D eigenvalue weighted by atomic mass is 32.2. The maximum absolute atomic E-state index is 12.8. The third-order valence-electron chi connectivity index (χ3n) is 6.25. The van der Waals surface area contributed by atoms with E-state index in [4.69, 9.17) is 4.74 Å². The Morgan fingerprint density at radius 1 is 1.25 bits per heavy atom. The molecule has 1 aromatic heterocycles. The molecule has 1 saturated carbocycles. The summed E-state index contributed by atoms with van der Waals surface area (Å²) in [6, 6.07) is 4.32. The monoisotopic (exact) mass is 408 g/mol. The number of hydrogen-bond acceptors (Lipinski definition) is 5. The lowest BCUT2D eigenvalue weighted by atomic mass is 9.81. The van der Waals surface area contributed by atoms with Crippen molar-refractivity contribution in [2.75, 3.05) is 12.9 Å². The summed E-state index contributed by atoms with van der Waals surface area (Å²) in [6.45, 7) is 6.27. The summed E-state index contributed by atoms with van der Waals surface area (Å²) < 4.78 is 11.8. The van der Waals surface area contributed by atoms with Gasteiger partial charge >= 0.3 is 0 Å². The molecule has 1 aliphatic carbocycles. The lowest BCUT2D eigenvalue weighted by molar-refractivity contribution is -0.0181. The van der Waals surface area contributed by atoms with E-state index in [1.165, 1.54) is 0 Å². The number of hydrogen-bond donors (Lipinski definition) is 2.